The zero-order chi connectivity index (χ0) is 63.0. The molecule has 8 aromatic rings. The summed E-state index contributed by atoms with van der Waals surface area (Å²) in [4.78, 5) is 102. The maximum atomic E-state index is 15.6. The summed E-state index contributed by atoms with van der Waals surface area (Å²) in [5, 5.41) is 6.14. The number of ether oxygens (including phenoxy) is 2. The Labute approximate surface area is 508 Å². The van der Waals surface area contributed by atoms with E-state index in [1.54, 1.807) is 116 Å². The fourth-order valence-electron chi connectivity index (χ4n) is 12.3. The Morgan fingerprint density at radius 1 is 0.402 bits per heavy atom. The zero-order valence-electron chi connectivity index (χ0n) is 51.1. The van der Waals surface area contributed by atoms with Gasteiger partial charge in [0.2, 0.25) is 42.3 Å². The van der Waals surface area contributed by atoms with E-state index >= 15 is 9.13 Å². The lowest BCUT2D eigenvalue weighted by Crippen LogP contribution is -2.26. The van der Waals surface area contributed by atoms with Crippen LogP contribution in [0.4, 0.5) is 11.4 Å². The molecule has 0 spiro atoms. The van der Waals surface area contributed by atoms with Crippen LogP contribution < -0.4 is 30.7 Å². The maximum absolute atomic E-state index is 15.6. The van der Waals surface area contributed by atoms with Crippen molar-refractivity contribution in [3.05, 3.63) is 245 Å². The molecule has 0 fully saturated rings. The number of aryl methyl sites for hydroxylation is 12. The standard InChI is InChI=1S/C72H70N2O11P2/c1-40-30-44(5)61(45(6)31-40)69(78)86(82,70(79)62-46(7)32-41(2)33-47(62)8)54-20-15-18-52(38-54)84-28-17-27-73-58-24-25-59(66-65(58)67(76)56-22-13-14-23-57(56)68(66)77)74-60(75)26-29-85-53-19-16-21-55(39-53)87(83,71(80)63-48(9)34-42(3)35-49(63)10)72(81)64-50(11)36-43(4)37-51(64)12/h13-16,18-25,30-39,73H,17,26-29H2,1-12H3,(H,74,75). The van der Waals surface area contributed by atoms with Gasteiger partial charge in [0.15, 0.2) is 11.6 Å². The molecule has 87 heavy (non-hydrogen) atoms. The first kappa shape index (κ1) is 62.6. The molecular weight excluding hydrogens is 1130 g/mol. The van der Waals surface area contributed by atoms with Crippen molar-refractivity contribution in [1.29, 1.82) is 0 Å². The Balaban J connectivity index is 0.913. The summed E-state index contributed by atoms with van der Waals surface area (Å²) in [6.07, 6.45) is 0.127. The van der Waals surface area contributed by atoms with E-state index in [0.29, 0.717) is 56.6 Å². The fourth-order valence-corrected chi connectivity index (χ4v) is 17.5. The molecule has 0 atom stereocenters. The molecule has 1 amide bonds. The van der Waals surface area contributed by atoms with Crippen LogP contribution in [0.1, 0.15) is 153 Å². The molecule has 444 valence electrons. The molecule has 13 nitrogen and oxygen atoms in total. The van der Waals surface area contributed by atoms with Gasteiger partial charge in [-0.3, -0.25) is 33.6 Å². The van der Waals surface area contributed by atoms with E-state index in [4.69, 9.17) is 9.47 Å². The van der Waals surface area contributed by atoms with E-state index in [1.165, 1.54) is 24.3 Å². The Morgan fingerprint density at radius 3 is 1.10 bits per heavy atom. The van der Waals surface area contributed by atoms with Crippen molar-refractivity contribution < 1.29 is 52.2 Å². The van der Waals surface area contributed by atoms with Gasteiger partial charge in [-0.15, -0.1) is 0 Å². The molecule has 0 aromatic heterocycles. The van der Waals surface area contributed by atoms with Gasteiger partial charge in [0, 0.05) is 56.2 Å². The molecule has 0 aliphatic heterocycles. The number of ketones is 2. The van der Waals surface area contributed by atoms with Gasteiger partial charge in [0.05, 0.1) is 36.4 Å². The van der Waals surface area contributed by atoms with Gasteiger partial charge in [-0.1, -0.05) is 119 Å². The number of carbonyl (C=O) groups excluding carboxylic acids is 7. The van der Waals surface area contributed by atoms with Gasteiger partial charge in [-0.2, -0.15) is 0 Å². The molecular formula is C72H70N2O11P2. The van der Waals surface area contributed by atoms with Gasteiger partial charge in [0.25, 0.3) is 0 Å². The Hall–Kier alpha value is -8.89. The number of hydrogen-bond acceptors (Lipinski definition) is 12. The largest absolute Gasteiger partial charge is 0.494 e. The third-order valence-corrected chi connectivity index (χ3v) is 21.1. The van der Waals surface area contributed by atoms with E-state index in [9.17, 15) is 33.6 Å². The predicted molar refractivity (Wildman–Crippen MR) is 344 cm³/mol. The summed E-state index contributed by atoms with van der Waals surface area (Å²) in [6, 6.07) is 36.6. The SMILES string of the molecule is Cc1cc(C)c(C(=O)P(=O)(C(=O)c2c(C)cc(C)cc2C)c2cccc(OCCCNc3ccc(NC(=O)CCOc4cccc(P(=O)(C(=O)c5c(C)cc(C)cc5C)C(=O)c5c(C)cc(C)cc5C)c4)c4c3C(=O)c3ccccc3C4=O)c2)c(C)c1. The monoisotopic (exact) mass is 1200 g/mol. The van der Waals surface area contributed by atoms with Crippen LogP contribution in [0, 0.1) is 83.1 Å². The summed E-state index contributed by atoms with van der Waals surface area (Å²) in [5.74, 6) is -0.992. The zero-order valence-corrected chi connectivity index (χ0v) is 52.9. The minimum absolute atomic E-state index is 0.00231. The van der Waals surface area contributed by atoms with Gasteiger partial charge in [-0.05, 0) is 170 Å². The number of hydrogen-bond donors (Lipinski definition) is 2. The average Bonchev–Trinajstić information content (AvgIpc) is 1.83. The summed E-state index contributed by atoms with van der Waals surface area (Å²) >= 11 is 0. The van der Waals surface area contributed by atoms with Crippen molar-refractivity contribution in [2.24, 2.45) is 0 Å². The normalized spacial score (nSPS) is 12.0. The molecule has 0 heterocycles. The third-order valence-electron chi connectivity index (χ3n) is 15.9. The van der Waals surface area contributed by atoms with Crippen LogP contribution >= 0.6 is 14.3 Å². The molecule has 9 rings (SSSR count). The Kier molecular flexibility index (Phi) is 18.1. The van der Waals surface area contributed by atoms with Crippen LogP contribution in [-0.2, 0) is 13.9 Å². The highest BCUT2D eigenvalue weighted by Crippen LogP contribution is 2.55. The van der Waals surface area contributed by atoms with Gasteiger partial charge < -0.3 is 29.2 Å². The first-order valence-corrected chi connectivity index (χ1v) is 32.2. The molecule has 0 saturated carbocycles. The first-order chi connectivity index (χ1) is 41.2. The van der Waals surface area contributed by atoms with Crippen molar-refractivity contribution >= 4 is 75.8 Å². The van der Waals surface area contributed by atoms with Crippen molar-refractivity contribution in [2.75, 3.05) is 30.4 Å². The van der Waals surface area contributed by atoms with Crippen molar-refractivity contribution in [3.63, 3.8) is 0 Å². The van der Waals surface area contributed by atoms with Crippen LogP contribution in [0.2, 0.25) is 0 Å². The lowest BCUT2D eigenvalue weighted by molar-refractivity contribution is -0.116. The van der Waals surface area contributed by atoms with Gasteiger partial charge >= 0.3 is 0 Å². The van der Waals surface area contributed by atoms with Gasteiger partial charge in [-0.25, -0.2) is 0 Å². The molecule has 2 N–H and O–H groups in total. The van der Waals surface area contributed by atoms with Crippen molar-refractivity contribution in [2.45, 2.75) is 95.9 Å². The lowest BCUT2D eigenvalue weighted by Gasteiger charge is -2.23. The van der Waals surface area contributed by atoms with Crippen molar-refractivity contribution in [1.82, 2.24) is 0 Å². The first-order valence-electron chi connectivity index (χ1n) is 28.8. The second kappa shape index (κ2) is 25.2. The van der Waals surface area contributed by atoms with Crippen LogP contribution in [0.15, 0.2) is 133 Å². The second-order valence-electron chi connectivity index (χ2n) is 22.9. The summed E-state index contributed by atoms with van der Waals surface area (Å²) in [7, 11) is -9.16. The highest BCUT2D eigenvalue weighted by Gasteiger charge is 2.47. The molecule has 0 bridgehead atoms. The van der Waals surface area contributed by atoms with Crippen LogP contribution in [-0.4, -0.2) is 59.3 Å². The molecule has 1 aliphatic rings. The smallest absolute Gasteiger partial charge is 0.248 e. The predicted octanol–water partition coefficient (Wildman–Crippen LogP) is 14.8. The quantitative estimate of drug-likeness (QED) is 0.0511. The summed E-state index contributed by atoms with van der Waals surface area (Å²) in [5.41, 5.74) is 7.30. The Morgan fingerprint density at radius 2 is 0.736 bits per heavy atom. The molecule has 1 aliphatic carbocycles. The van der Waals surface area contributed by atoms with E-state index in [1.807, 2.05) is 76.2 Å². The van der Waals surface area contributed by atoms with Crippen molar-refractivity contribution in [3.8, 4) is 11.5 Å². The molecule has 8 aromatic carbocycles. The second-order valence-corrected chi connectivity index (χ2v) is 28.0. The number of benzene rings is 8. The summed E-state index contributed by atoms with van der Waals surface area (Å²) < 4.78 is 43.5. The molecule has 0 unspecified atom stereocenters. The minimum Gasteiger partial charge on any atom is -0.494 e. The topological polar surface area (TPSA) is 196 Å². The minimum atomic E-state index is -4.60. The van der Waals surface area contributed by atoms with Crippen LogP contribution in [0.3, 0.4) is 0 Å². The van der Waals surface area contributed by atoms with E-state index in [-0.39, 0.29) is 98.5 Å². The average molecular weight is 1200 g/mol. The number of rotatable bonds is 21. The molecule has 15 heteroatoms. The highest BCUT2D eigenvalue weighted by molar-refractivity contribution is 8.01. The number of anilines is 2. The number of amides is 1. The number of carbonyl (C=O) groups is 7. The number of fused-ring (bicyclic) bond motifs is 2. The number of nitrogens with one attached hydrogen (secondary N) is 2. The van der Waals surface area contributed by atoms with E-state index < -0.39 is 53.9 Å². The van der Waals surface area contributed by atoms with Gasteiger partial charge in [0.1, 0.15) is 11.5 Å². The molecule has 0 saturated heterocycles. The Bertz CT molecular complexity index is 4100. The van der Waals surface area contributed by atoms with Crippen LogP contribution in [0.5, 0.6) is 11.5 Å². The van der Waals surface area contributed by atoms with E-state index in [0.717, 1.165) is 22.3 Å². The lowest BCUT2D eigenvalue weighted by atomic mass is 9.82. The molecule has 0 radical (unpaired) electrons. The highest BCUT2D eigenvalue weighted by atomic mass is 31.2. The third kappa shape index (κ3) is 12.2. The van der Waals surface area contributed by atoms with E-state index in [2.05, 4.69) is 10.6 Å². The maximum Gasteiger partial charge on any atom is 0.248 e. The van der Waals surface area contributed by atoms with Crippen LogP contribution in [0.25, 0.3) is 0 Å². The fraction of sp³-hybridized carbons (Fsp3) is 0.236. The summed E-state index contributed by atoms with van der Waals surface area (Å²) in [6.45, 7) is 21.9.